The van der Waals surface area contributed by atoms with E-state index in [1.807, 2.05) is 0 Å². The average molecular weight is 219 g/mol. The molecule has 0 aromatic heterocycles. The molecule has 0 saturated carbocycles. The fourth-order valence-corrected chi connectivity index (χ4v) is 1.78. The molecule has 0 aliphatic carbocycles. The summed E-state index contributed by atoms with van der Waals surface area (Å²) in [5.74, 6) is 0. The number of likely N-dealkylation sites (tertiary alicyclic amines) is 1. The van der Waals surface area contributed by atoms with Gasteiger partial charge in [-0.3, -0.25) is 4.90 Å². The number of halogens is 2. The third kappa shape index (κ3) is 3.19. The van der Waals surface area contributed by atoms with Crippen LogP contribution in [0, 0.1) is 11.3 Å². The molecule has 72 valence electrons. The Morgan fingerprint density at radius 3 is 3.00 bits per heavy atom. The van der Waals surface area contributed by atoms with E-state index in [0.29, 0.717) is 11.6 Å². The number of piperidine rings is 1. The molecule has 4 heteroatoms. The minimum Gasteiger partial charge on any atom is -0.283 e. The lowest BCUT2D eigenvalue weighted by Gasteiger charge is -2.30. The van der Waals surface area contributed by atoms with E-state index in [0.717, 1.165) is 25.8 Å². The van der Waals surface area contributed by atoms with Gasteiger partial charge in [0, 0.05) is 17.1 Å². The van der Waals surface area contributed by atoms with Gasteiger partial charge in [0.2, 0.25) is 0 Å². The lowest BCUT2D eigenvalue weighted by molar-refractivity contribution is 0.203. The Kier molecular flexibility index (Phi) is 4.58. The fraction of sp³-hybridized carbons (Fsp3) is 0.667. The zero-order chi connectivity index (χ0) is 9.68. The number of nitrogens with zero attached hydrogens (tertiary/aromatic N) is 2. The zero-order valence-corrected chi connectivity index (χ0v) is 8.85. The lowest BCUT2D eigenvalue weighted by atomic mass is 10.0. The van der Waals surface area contributed by atoms with Crippen molar-refractivity contribution in [2.75, 3.05) is 13.1 Å². The van der Waals surface area contributed by atoms with Crippen molar-refractivity contribution in [3.63, 3.8) is 0 Å². The highest BCUT2D eigenvalue weighted by Crippen LogP contribution is 2.18. The maximum absolute atomic E-state index is 8.86. The van der Waals surface area contributed by atoms with E-state index in [4.69, 9.17) is 28.5 Å². The molecule has 13 heavy (non-hydrogen) atoms. The predicted molar refractivity (Wildman–Crippen MR) is 54.6 cm³/mol. The van der Waals surface area contributed by atoms with Crippen LogP contribution in [-0.2, 0) is 0 Å². The molecule has 1 heterocycles. The second kappa shape index (κ2) is 5.49. The van der Waals surface area contributed by atoms with Gasteiger partial charge in [0.25, 0.3) is 0 Å². The molecule has 0 spiro atoms. The predicted octanol–water partition coefficient (Wildman–Crippen LogP) is 2.68. The van der Waals surface area contributed by atoms with Crippen molar-refractivity contribution in [1.82, 2.24) is 4.90 Å². The largest absolute Gasteiger partial charge is 0.283 e. The highest BCUT2D eigenvalue weighted by Gasteiger charge is 2.21. The van der Waals surface area contributed by atoms with E-state index in [9.17, 15) is 0 Å². The van der Waals surface area contributed by atoms with Crippen molar-refractivity contribution in [2.45, 2.75) is 25.3 Å². The first-order chi connectivity index (χ1) is 6.27. The van der Waals surface area contributed by atoms with Crippen LogP contribution in [0.4, 0.5) is 0 Å². The molecule has 2 nitrogen and oxygen atoms in total. The summed E-state index contributed by atoms with van der Waals surface area (Å²) in [6.45, 7) is 1.54. The van der Waals surface area contributed by atoms with Gasteiger partial charge in [-0.05, 0) is 25.8 Å². The Morgan fingerprint density at radius 2 is 2.38 bits per heavy atom. The minimum atomic E-state index is 0.0131. The summed E-state index contributed by atoms with van der Waals surface area (Å²) in [6.07, 6.45) is 3.23. The van der Waals surface area contributed by atoms with E-state index in [-0.39, 0.29) is 6.04 Å². The van der Waals surface area contributed by atoms with Crippen LogP contribution in [0.25, 0.3) is 0 Å². The molecule has 1 fully saturated rings. The molecular weight excluding hydrogens is 207 g/mol. The monoisotopic (exact) mass is 218 g/mol. The average Bonchev–Trinajstić information content (AvgIpc) is 2.18. The second-order valence-electron chi connectivity index (χ2n) is 3.17. The van der Waals surface area contributed by atoms with Crippen molar-refractivity contribution >= 4 is 23.2 Å². The van der Waals surface area contributed by atoms with Crippen LogP contribution >= 0.6 is 23.2 Å². The topological polar surface area (TPSA) is 27.0 Å². The Morgan fingerprint density at radius 1 is 1.62 bits per heavy atom. The van der Waals surface area contributed by atoms with Crippen LogP contribution in [0.2, 0.25) is 0 Å². The first-order valence-corrected chi connectivity index (χ1v) is 5.18. The van der Waals surface area contributed by atoms with Crippen LogP contribution in [0.3, 0.4) is 0 Å². The molecule has 0 N–H and O–H groups in total. The lowest BCUT2D eigenvalue weighted by Crippen LogP contribution is -2.39. The number of hydrogen-bond donors (Lipinski definition) is 0. The minimum absolute atomic E-state index is 0.0131. The highest BCUT2D eigenvalue weighted by atomic mass is 35.5. The molecule has 1 saturated heterocycles. The summed E-state index contributed by atoms with van der Waals surface area (Å²) >= 11 is 11.3. The summed E-state index contributed by atoms with van der Waals surface area (Å²) in [5, 5.41) is 9.46. The fourth-order valence-electron chi connectivity index (χ4n) is 1.55. The van der Waals surface area contributed by atoms with Gasteiger partial charge >= 0.3 is 0 Å². The van der Waals surface area contributed by atoms with Crippen molar-refractivity contribution in [3.05, 3.63) is 10.6 Å². The van der Waals surface area contributed by atoms with Gasteiger partial charge in [0.1, 0.15) is 0 Å². The van der Waals surface area contributed by atoms with Crippen molar-refractivity contribution in [2.24, 2.45) is 0 Å². The van der Waals surface area contributed by atoms with Crippen LogP contribution < -0.4 is 0 Å². The molecule has 0 bridgehead atoms. The third-order valence-corrected chi connectivity index (χ3v) is 2.84. The number of hydrogen-bond acceptors (Lipinski definition) is 2. The molecule has 1 unspecified atom stereocenters. The Balaban J connectivity index is 2.51. The molecule has 1 atom stereocenters. The van der Waals surface area contributed by atoms with Crippen LogP contribution in [0.5, 0.6) is 0 Å². The summed E-state index contributed by atoms with van der Waals surface area (Å²) in [7, 11) is 0. The van der Waals surface area contributed by atoms with E-state index in [2.05, 4.69) is 11.0 Å². The Bertz CT molecular complexity index is 232. The highest BCUT2D eigenvalue weighted by molar-refractivity contribution is 6.36. The first-order valence-electron chi connectivity index (χ1n) is 4.36. The van der Waals surface area contributed by atoms with Crippen molar-refractivity contribution in [1.29, 1.82) is 5.26 Å². The smallest absolute Gasteiger partial charge is 0.0981 e. The molecule has 0 amide bonds. The molecule has 0 aromatic carbocycles. The summed E-state index contributed by atoms with van der Waals surface area (Å²) < 4.78 is 0. The van der Waals surface area contributed by atoms with E-state index in [1.54, 1.807) is 0 Å². The summed E-state index contributed by atoms with van der Waals surface area (Å²) in [5.41, 5.74) is 1.37. The van der Waals surface area contributed by atoms with Crippen molar-refractivity contribution < 1.29 is 0 Å². The van der Waals surface area contributed by atoms with Gasteiger partial charge in [-0.2, -0.15) is 5.26 Å². The maximum atomic E-state index is 8.86. The zero-order valence-electron chi connectivity index (χ0n) is 7.34. The molecule has 1 rings (SSSR count). The quantitative estimate of drug-likeness (QED) is 0.713. The normalized spacial score (nSPS) is 25.6. The second-order valence-corrected chi connectivity index (χ2v) is 3.87. The van der Waals surface area contributed by atoms with Gasteiger partial charge in [-0.1, -0.05) is 23.2 Å². The maximum Gasteiger partial charge on any atom is 0.0981 e. The molecule has 0 aromatic rings. The molecule has 1 aliphatic rings. The van der Waals surface area contributed by atoms with E-state index in [1.165, 1.54) is 5.54 Å². The van der Waals surface area contributed by atoms with Gasteiger partial charge in [-0.15, -0.1) is 0 Å². The van der Waals surface area contributed by atoms with Crippen LogP contribution in [-0.4, -0.2) is 24.0 Å². The molecule has 1 aliphatic heterocycles. The van der Waals surface area contributed by atoms with Gasteiger partial charge in [0.15, 0.2) is 0 Å². The first kappa shape index (κ1) is 10.8. The van der Waals surface area contributed by atoms with Gasteiger partial charge < -0.3 is 0 Å². The number of rotatable bonds is 2. The van der Waals surface area contributed by atoms with Crippen molar-refractivity contribution in [3.8, 4) is 6.07 Å². The standard InChI is InChI=1S/C9H12Cl2N2/c10-5-8(11)7-13-4-2-1-3-9(13)6-12/h5,9H,1-4,7H2/b8-5+. The summed E-state index contributed by atoms with van der Waals surface area (Å²) in [4.78, 5) is 2.07. The van der Waals surface area contributed by atoms with E-state index < -0.39 is 0 Å². The van der Waals surface area contributed by atoms with Crippen LogP contribution in [0.1, 0.15) is 19.3 Å². The Hall–Kier alpha value is -0.230. The van der Waals surface area contributed by atoms with E-state index >= 15 is 0 Å². The third-order valence-electron chi connectivity index (χ3n) is 2.24. The summed E-state index contributed by atoms with van der Waals surface area (Å²) in [6, 6.07) is 2.29. The molecular formula is C9H12Cl2N2. The number of nitriles is 1. The molecule has 0 radical (unpaired) electrons. The van der Waals surface area contributed by atoms with Gasteiger partial charge in [-0.25, -0.2) is 0 Å². The SMILES string of the molecule is N#CC1CCCCN1C/C(Cl)=C\Cl. The van der Waals surface area contributed by atoms with Crippen LogP contribution in [0.15, 0.2) is 10.6 Å². The Labute approximate surface area is 88.7 Å². The van der Waals surface area contributed by atoms with Gasteiger partial charge in [0.05, 0.1) is 12.1 Å².